The van der Waals surface area contributed by atoms with Crippen LogP contribution in [0.5, 0.6) is 0 Å². The van der Waals surface area contributed by atoms with Gasteiger partial charge in [-0.1, -0.05) is 69.4 Å². The van der Waals surface area contributed by atoms with Crippen LogP contribution in [0.15, 0.2) is 54.6 Å². The van der Waals surface area contributed by atoms with Gasteiger partial charge in [0.15, 0.2) is 0 Å². The highest BCUT2D eigenvalue weighted by molar-refractivity contribution is 5.94. The zero-order valence-electron chi connectivity index (χ0n) is 24.5. The van der Waals surface area contributed by atoms with E-state index in [9.17, 15) is 9.18 Å². The predicted molar refractivity (Wildman–Crippen MR) is 164 cm³/mol. The Morgan fingerprint density at radius 3 is 2.07 bits per heavy atom. The Kier molecular flexibility index (Phi) is 15.7. The van der Waals surface area contributed by atoms with E-state index in [1.807, 2.05) is 24.3 Å². The third-order valence-electron chi connectivity index (χ3n) is 6.26. The fraction of sp³-hybridized carbons (Fsp3) is 0.484. The molecule has 0 radical (unpaired) electrons. The van der Waals surface area contributed by atoms with E-state index in [1.165, 1.54) is 37.8 Å². The minimum Gasteiger partial charge on any atom is -0.377 e. The van der Waals surface area contributed by atoms with Gasteiger partial charge in [-0.25, -0.2) is 4.39 Å². The predicted octanol–water partition coefficient (Wildman–Crippen LogP) is 5.27. The highest BCUT2D eigenvalue weighted by Crippen LogP contribution is 2.12. The van der Waals surface area contributed by atoms with Gasteiger partial charge in [-0.3, -0.25) is 4.79 Å². The highest BCUT2D eigenvalue weighted by atomic mass is 19.1. The van der Waals surface area contributed by atoms with Crippen LogP contribution < -0.4 is 21.3 Å². The van der Waals surface area contributed by atoms with E-state index in [0.29, 0.717) is 69.5 Å². The molecule has 10 nitrogen and oxygen atoms in total. The molecule has 0 atom stereocenters. The number of halogens is 1. The number of anilines is 3. The average molecular weight is 582 g/mol. The number of hydrogen-bond donors (Lipinski definition) is 4. The standard InChI is InChI=1S/C31H44FN7O3/c1-2-3-4-5-6-10-16-34-29-37-30(39-31(38-29)36-24-25-12-11-15-27(32)23-25)35-18-20-42-22-21-41-19-17-33-28(40)26-13-8-7-9-14-26/h7-9,11-15,23H,2-6,10,16-22,24H2,1H3,(H,33,40)(H3,34,35,36,37,38,39). The summed E-state index contributed by atoms with van der Waals surface area (Å²) in [5.74, 6) is 0.903. The van der Waals surface area contributed by atoms with Crippen molar-refractivity contribution in [2.75, 3.05) is 62.0 Å². The summed E-state index contributed by atoms with van der Waals surface area (Å²) in [7, 11) is 0. The lowest BCUT2D eigenvalue weighted by atomic mass is 10.1. The average Bonchev–Trinajstić information content (AvgIpc) is 3.01. The van der Waals surface area contributed by atoms with E-state index in [1.54, 1.807) is 18.2 Å². The van der Waals surface area contributed by atoms with Crippen LogP contribution >= 0.6 is 0 Å². The van der Waals surface area contributed by atoms with Crippen LogP contribution in [0.4, 0.5) is 22.2 Å². The Bertz CT molecular complexity index is 1170. The molecule has 0 saturated heterocycles. The van der Waals surface area contributed by atoms with E-state index in [-0.39, 0.29) is 11.7 Å². The summed E-state index contributed by atoms with van der Waals surface area (Å²) >= 11 is 0. The van der Waals surface area contributed by atoms with Crippen molar-refractivity contribution in [1.82, 2.24) is 20.3 Å². The summed E-state index contributed by atoms with van der Waals surface area (Å²) in [6, 6.07) is 15.5. The zero-order valence-corrected chi connectivity index (χ0v) is 24.5. The number of carbonyl (C=O) groups is 1. The second-order valence-corrected chi connectivity index (χ2v) is 9.76. The highest BCUT2D eigenvalue weighted by Gasteiger charge is 2.07. The van der Waals surface area contributed by atoms with Crippen LogP contribution in [0.25, 0.3) is 0 Å². The molecule has 2 aromatic carbocycles. The normalized spacial score (nSPS) is 10.8. The number of ether oxygens (including phenoxy) is 2. The molecule has 0 saturated carbocycles. The Morgan fingerprint density at radius 1 is 0.714 bits per heavy atom. The van der Waals surface area contributed by atoms with Gasteiger partial charge >= 0.3 is 0 Å². The molecule has 0 aliphatic carbocycles. The molecule has 0 aliphatic heterocycles. The fourth-order valence-electron chi connectivity index (χ4n) is 4.03. The SMILES string of the molecule is CCCCCCCCNc1nc(NCCOCCOCCNC(=O)c2ccccc2)nc(NCc2cccc(F)c2)n1. The molecule has 228 valence electrons. The number of benzene rings is 2. The maximum atomic E-state index is 13.6. The molecular weight excluding hydrogens is 537 g/mol. The van der Waals surface area contributed by atoms with Gasteiger partial charge in [0.05, 0.1) is 26.4 Å². The van der Waals surface area contributed by atoms with Gasteiger partial charge in [-0.2, -0.15) is 15.0 Å². The van der Waals surface area contributed by atoms with Crippen molar-refractivity contribution < 1.29 is 18.7 Å². The first-order valence-electron chi connectivity index (χ1n) is 14.8. The van der Waals surface area contributed by atoms with Gasteiger partial charge in [0.2, 0.25) is 17.8 Å². The molecule has 11 heteroatoms. The van der Waals surface area contributed by atoms with Crippen LogP contribution in [0, 0.1) is 5.82 Å². The lowest BCUT2D eigenvalue weighted by molar-refractivity contribution is 0.0519. The number of amides is 1. The molecule has 3 rings (SSSR count). The van der Waals surface area contributed by atoms with Crippen molar-refractivity contribution in [2.24, 2.45) is 0 Å². The number of hydrogen-bond acceptors (Lipinski definition) is 9. The smallest absolute Gasteiger partial charge is 0.251 e. The Morgan fingerprint density at radius 2 is 1.36 bits per heavy atom. The first kappa shape index (κ1) is 32.7. The molecule has 1 aromatic heterocycles. The van der Waals surface area contributed by atoms with E-state index in [2.05, 4.69) is 43.1 Å². The number of rotatable bonds is 22. The topological polar surface area (TPSA) is 122 Å². The molecule has 0 spiro atoms. The molecule has 1 amide bonds. The zero-order chi connectivity index (χ0) is 29.7. The van der Waals surface area contributed by atoms with Crippen molar-refractivity contribution in [3.05, 3.63) is 71.5 Å². The lowest BCUT2D eigenvalue weighted by Crippen LogP contribution is -2.27. The second-order valence-electron chi connectivity index (χ2n) is 9.76. The molecule has 42 heavy (non-hydrogen) atoms. The van der Waals surface area contributed by atoms with Crippen LogP contribution in [-0.4, -0.2) is 66.9 Å². The van der Waals surface area contributed by atoms with Crippen LogP contribution in [0.3, 0.4) is 0 Å². The first-order chi connectivity index (χ1) is 20.6. The number of carbonyl (C=O) groups excluding carboxylic acids is 1. The second kappa shape index (κ2) is 20.1. The molecule has 3 aromatic rings. The van der Waals surface area contributed by atoms with Gasteiger partial charge in [0.1, 0.15) is 5.82 Å². The third-order valence-corrected chi connectivity index (χ3v) is 6.26. The van der Waals surface area contributed by atoms with Gasteiger partial charge in [0, 0.05) is 31.7 Å². The fourth-order valence-corrected chi connectivity index (χ4v) is 4.03. The van der Waals surface area contributed by atoms with Crippen molar-refractivity contribution in [2.45, 2.75) is 52.0 Å². The lowest BCUT2D eigenvalue weighted by Gasteiger charge is -2.12. The van der Waals surface area contributed by atoms with E-state index in [4.69, 9.17) is 9.47 Å². The number of nitrogens with one attached hydrogen (secondary N) is 4. The number of nitrogens with zero attached hydrogens (tertiary/aromatic N) is 3. The summed E-state index contributed by atoms with van der Waals surface area (Å²) in [5.41, 5.74) is 1.42. The third kappa shape index (κ3) is 13.7. The van der Waals surface area contributed by atoms with Crippen molar-refractivity contribution in [3.63, 3.8) is 0 Å². The Hall–Kier alpha value is -3.83. The van der Waals surface area contributed by atoms with Gasteiger partial charge < -0.3 is 30.7 Å². The Balaban J connectivity index is 1.35. The molecule has 4 N–H and O–H groups in total. The van der Waals surface area contributed by atoms with Crippen LogP contribution in [-0.2, 0) is 16.0 Å². The molecular formula is C31H44FN7O3. The summed E-state index contributed by atoms with van der Waals surface area (Å²) in [5, 5.41) is 12.5. The van der Waals surface area contributed by atoms with Crippen LogP contribution in [0.1, 0.15) is 61.4 Å². The molecule has 0 unspecified atom stereocenters. The molecule has 0 bridgehead atoms. The van der Waals surface area contributed by atoms with E-state index in [0.717, 1.165) is 24.9 Å². The largest absolute Gasteiger partial charge is 0.377 e. The first-order valence-corrected chi connectivity index (χ1v) is 14.8. The summed E-state index contributed by atoms with van der Waals surface area (Å²) in [6.45, 7) is 6.00. The minimum absolute atomic E-state index is 0.118. The van der Waals surface area contributed by atoms with Gasteiger partial charge in [-0.05, 0) is 36.2 Å². The summed E-state index contributed by atoms with van der Waals surface area (Å²) in [6.07, 6.45) is 7.22. The van der Waals surface area contributed by atoms with Gasteiger partial charge in [-0.15, -0.1) is 0 Å². The van der Waals surface area contributed by atoms with Gasteiger partial charge in [0.25, 0.3) is 5.91 Å². The van der Waals surface area contributed by atoms with Crippen LogP contribution in [0.2, 0.25) is 0 Å². The monoisotopic (exact) mass is 581 g/mol. The molecule has 0 fully saturated rings. The summed E-state index contributed by atoms with van der Waals surface area (Å²) in [4.78, 5) is 25.4. The van der Waals surface area contributed by atoms with Crippen molar-refractivity contribution in [3.8, 4) is 0 Å². The van der Waals surface area contributed by atoms with Crippen molar-refractivity contribution >= 4 is 23.8 Å². The minimum atomic E-state index is -0.283. The summed E-state index contributed by atoms with van der Waals surface area (Å²) < 4.78 is 24.7. The van der Waals surface area contributed by atoms with E-state index >= 15 is 0 Å². The quantitative estimate of drug-likeness (QED) is 0.118. The Labute approximate surface area is 248 Å². The number of unbranched alkanes of at least 4 members (excludes halogenated alkanes) is 5. The maximum absolute atomic E-state index is 13.6. The van der Waals surface area contributed by atoms with E-state index < -0.39 is 0 Å². The van der Waals surface area contributed by atoms with Crippen molar-refractivity contribution in [1.29, 1.82) is 0 Å². The molecule has 1 heterocycles. The number of aromatic nitrogens is 3. The maximum Gasteiger partial charge on any atom is 0.251 e. The molecule has 0 aliphatic rings.